The standard InChI is InChI=1S/C30H47N3O8S/c1-18(2)11-23(30(37)31-24(12-19(3)4)9-10-42(8,40)41)17-27(34)25(13-20(5)6)32-28(35)16-22-14-21(7)29(36)26(15-22)33(38)39/h9-10,14-15,18-20,23-25,36H,11-13,16-17H2,1-8H3,(H,31,37)(H,32,35)/b10-9+/t23-,24-,25+/m1/s1. The van der Waals surface area contributed by atoms with E-state index in [1.54, 1.807) is 0 Å². The van der Waals surface area contributed by atoms with E-state index in [1.807, 2.05) is 41.5 Å². The highest BCUT2D eigenvalue weighted by molar-refractivity contribution is 7.93. The summed E-state index contributed by atoms with van der Waals surface area (Å²) in [6.45, 7) is 13.1. The van der Waals surface area contributed by atoms with E-state index in [0.717, 1.165) is 17.7 Å². The lowest BCUT2D eigenvalue weighted by atomic mass is 9.87. The molecule has 0 aliphatic rings. The van der Waals surface area contributed by atoms with Crippen LogP contribution in [0.4, 0.5) is 5.69 Å². The van der Waals surface area contributed by atoms with Gasteiger partial charge in [0.25, 0.3) is 0 Å². The Labute approximate surface area is 249 Å². The number of amides is 2. The summed E-state index contributed by atoms with van der Waals surface area (Å²) in [7, 11) is -3.39. The lowest BCUT2D eigenvalue weighted by molar-refractivity contribution is -0.386. The minimum atomic E-state index is -3.39. The van der Waals surface area contributed by atoms with Crippen LogP contribution >= 0.6 is 0 Å². The van der Waals surface area contributed by atoms with E-state index in [9.17, 15) is 38.0 Å². The quantitative estimate of drug-likeness (QED) is 0.172. The SMILES string of the molecule is Cc1cc(CC(=O)N[C@@H](CC(C)C)C(=O)C[C@@H](CC(C)C)C(=O)N[C@H](/C=C/S(C)(=O)=O)CC(C)C)cc([N+](=O)[O-])c1O. The molecule has 12 heteroatoms. The van der Waals surface area contributed by atoms with Gasteiger partial charge in [0.05, 0.1) is 17.4 Å². The average Bonchev–Trinajstić information content (AvgIpc) is 2.82. The molecule has 0 bridgehead atoms. The number of carbonyl (C=O) groups excluding carboxylic acids is 3. The summed E-state index contributed by atoms with van der Waals surface area (Å²) in [5, 5.41) is 27.9. The molecule has 1 aromatic rings. The van der Waals surface area contributed by atoms with Gasteiger partial charge in [0.15, 0.2) is 21.4 Å². The van der Waals surface area contributed by atoms with Gasteiger partial charge in [0, 0.05) is 36.1 Å². The maximum atomic E-state index is 13.5. The Morgan fingerprint density at radius 2 is 1.55 bits per heavy atom. The van der Waals surface area contributed by atoms with Crippen LogP contribution in [-0.4, -0.2) is 54.4 Å². The molecule has 1 aromatic carbocycles. The first-order chi connectivity index (χ1) is 19.3. The predicted octanol–water partition coefficient (Wildman–Crippen LogP) is 4.39. The Bertz CT molecular complexity index is 1260. The Balaban J connectivity index is 3.14. The van der Waals surface area contributed by atoms with Gasteiger partial charge in [-0.2, -0.15) is 0 Å². The molecule has 42 heavy (non-hydrogen) atoms. The number of carbonyl (C=O) groups is 3. The predicted molar refractivity (Wildman–Crippen MR) is 163 cm³/mol. The van der Waals surface area contributed by atoms with Crippen LogP contribution in [0.2, 0.25) is 0 Å². The number of nitro benzene ring substituents is 1. The summed E-state index contributed by atoms with van der Waals surface area (Å²) in [6.07, 6.45) is 3.45. The Morgan fingerprint density at radius 3 is 2.05 bits per heavy atom. The van der Waals surface area contributed by atoms with Gasteiger partial charge in [-0.1, -0.05) is 53.7 Å². The number of hydrogen-bond acceptors (Lipinski definition) is 8. The molecule has 0 spiro atoms. The normalized spacial score (nSPS) is 14.3. The summed E-state index contributed by atoms with van der Waals surface area (Å²) in [5.41, 5.74) is 0.0736. The monoisotopic (exact) mass is 609 g/mol. The number of nitrogens with one attached hydrogen (secondary N) is 2. The minimum Gasteiger partial charge on any atom is -0.502 e. The van der Waals surface area contributed by atoms with Gasteiger partial charge in [-0.3, -0.25) is 24.5 Å². The van der Waals surface area contributed by atoms with Crippen LogP contribution in [0.25, 0.3) is 0 Å². The van der Waals surface area contributed by atoms with Crippen molar-refractivity contribution in [2.24, 2.45) is 23.7 Å². The second kappa shape index (κ2) is 16.4. The molecule has 11 nitrogen and oxygen atoms in total. The lowest BCUT2D eigenvalue weighted by Crippen LogP contribution is -2.45. The van der Waals surface area contributed by atoms with Crippen molar-refractivity contribution in [1.82, 2.24) is 10.6 Å². The van der Waals surface area contributed by atoms with Gasteiger partial charge >= 0.3 is 5.69 Å². The molecule has 236 valence electrons. The first-order valence-corrected chi connectivity index (χ1v) is 16.2. The van der Waals surface area contributed by atoms with E-state index in [2.05, 4.69) is 10.6 Å². The molecular formula is C30H47N3O8S. The third-order valence-corrected chi connectivity index (χ3v) is 7.17. The van der Waals surface area contributed by atoms with Crippen LogP contribution in [0, 0.1) is 40.7 Å². The first kappa shape index (κ1) is 36.7. The molecule has 0 radical (unpaired) electrons. The van der Waals surface area contributed by atoms with E-state index >= 15 is 0 Å². The molecule has 0 aliphatic carbocycles. The molecule has 0 fully saturated rings. The average molecular weight is 610 g/mol. The van der Waals surface area contributed by atoms with E-state index in [0.29, 0.717) is 24.8 Å². The highest BCUT2D eigenvalue weighted by Gasteiger charge is 2.30. The molecule has 0 saturated carbocycles. The van der Waals surface area contributed by atoms with Crippen molar-refractivity contribution in [2.45, 2.75) is 92.7 Å². The number of hydrogen-bond donors (Lipinski definition) is 3. The lowest BCUT2D eigenvalue weighted by Gasteiger charge is -2.25. The summed E-state index contributed by atoms with van der Waals surface area (Å²) >= 11 is 0. The number of nitrogens with zero attached hydrogens (tertiary/aromatic N) is 1. The van der Waals surface area contributed by atoms with Crippen LogP contribution in [0.3, 0.4) is 0 Å². The maximum Gasteiger partial charge on any atom is 0.311 e. The zero-order valence-electron chi connectivity index (χ0n) is 26.0. The maximum absolute atomic E-state index is 13.5. The summed E-state index contributed by atoms with van der Waals surface area (Å²) in [5.74, 6) is -2.02. The molecule has 3 N–H and O–H groups in total. The zero-order valence-corrected chi connectivity index (χ0v) is 26.8. The highest BCUT2D eigenvalue weighted by atomic mass is 32.2. The number of phenols is 1. The van der Waals surface area contributed by atoms with Crippen molar-refractivity contribution in [2.75, 3.05) is 6.26 Å². The second-order valence-corrected chi connectivity index (χ2v) is 14.3. The van der Waals surface area contributed by atoms with Crippen LogP contribution < -0.4 is 10.6 Å². The fourth-order valence-corrected chi connectivity index (χ4v) is 5.19. The summed E-state index contributed by atoms with van der Waals surface area (Å²) < 4.78 is 23.3. The number of Topliss-reactive ketones (excluding diaryl/α,β-unsaturated/α-hetero) is 1. The number of ketones is 1. The number of phenolic OH excluding ortho intramolecular Hbond substituents is 1. The number of aromatic hydroxyl groups is 1. The Morgan fingerprint density at radius 1 is 0.976 bits per heavy atom. The first-order valence-electron chi connectivity index (χ1n) is 14.3. The molecule has 3 atom stereocenters. The van der Waals surface area contributed by atoms with Gasteiger partial charge in [-0.25, -0.2) is 8.42 Å². The Kier molecular flexibility index (Phi) is 14.3. The number of nitro groups is 1. The molecular weight excluding hydrogens is 562 g/mol. The van der Waals surface area contributed by atoms with Gasteiger partial charge in [0.1, 0.15) is 0 Å². The molecule has 0 saturated heterocycles. The molecule has 2 amide bonds. The van der Waals surface area contributed by atoms with Crippen molar-refractivity contribution >= 4 is 33.1 Å². The third-order valence-electron chi connectivity index (χ3n) is 6.52. The van der Waals surface area contributed by atoms with Crippen molar-refractivity contribution < 1.29 is 32.8 Å². The van der Waals surface area contributed by atoms with E-state index in [-0.39, 0.29) is 47.8 Å². The van der Waals surface area contributed by atoms with Gasteiger partial charge in [-0.15, -0.1) is 0 Å². The zero-order chi connectivity index (χ0) is 32.4. The molecule has 0 aromatic heterocycles. The minimum absolute atomic E-state index is 0.0465. The van der Waals surface area contributed by atoms with E-state index in [4.69, 9.17) is 0 Å². The Hall–Kier alpha value is -3.28. The van der Waals surface area contributed by atoms with Crippen LogP contribution in [0.1, 0.15) is 78.4 Å². The van der Waals surface area contributed by atoms with Crippen LogP contribution in [0.15, 0.2) is 23.6 Å². The van der Waals surface area contributed by atoms with Gasteiger partial charge < -0.3 is 15.7 Å². The van der Waals surface area contributed by atoms with Crippen LogP contribution in [0.5, 0.6) is 5.75 Å². The number of benzene rings is 1. The topological polar surface area (TPSA) is 173 Å². The van der Waals surface area contributed by atoms with Gasteiger partial charge in [-0.05, 0) is 55.1 Å². The van der Waals surface area contributed by atoms with Crippen molar-refractivity contribution in [1.29, 1.82) is 0 Å². The molecule has 0 unspecified atom stereocenters. The van der Waals surface area contributed by atoms with Crippen molar-refractivity contribution in [3.63, 3.8) is 0 Å². The molecule has 1 rings (SSSR count). The molecule has 0 aliphatic heterocycles. The fourth-order valence-electron chi connectivity index (χ4n) is 4.72. The van der Waals surface area contributed by atoms with Gasteiger partial charge in [0.2, 0.25) is 11.8 Å². The third kappa shape index (κ3) is 13.6. The smallest absolute Gasteiger partial charge is 0.311 e. The largest absolute Gasteiger partial charge is 0.502 e. The summed E-state index contributed by atoms with van der Waals surface area (Å²) in [4.78, 5) is 50.4. The molecule has 0 heterocycles. The van der Waals surface area contributed by atoms with Crippen molar-refractivity contribution in [3.05, 3.63) is 44.9 Å². The summed E-state index contributed by atoms with van der Waals surface area (Å²) in [6, 6.07) is 1.22. The van der Waals surface area contributed by atoms with E-state index < -0.39 is 50.1 Å². The van der Waals surface area contributed by atoms with E-state index in [1.165, 1.54) is 19.1 Å². The fraction of sp³-hybridized carbons (Fsp3) is 0.633. The number of sulfone groups is 1. The van der Waals surface area contributed by atoms with Crippen LogP contribution in [-0.2, 0) is 30.6 Å². The highest BCUT2D eigenvalue weighted by Crippen LogP contribution is 2.31. The number of aryl methyl sites for hydroxylation is 1. The second-order valence-electron chi connectivity index (χ2n) is 12.4. The number of rotatable bonds is 17. The van der Waals surface area contributed by atoms with Crippen molar-refractivity contribution in [3.8, 4) is 5.75 Å².